The van der Waals surface area contributed by atoms with Crippen molar-refractivity contribution in [3.63, 3.8) is 0 Å². The molecule has 0 spiro atoms. The number of amides is 1. The molecule has 0 atom stereocenters. The first-order valence-electron chi connectivity index (χ1n) is 7.13. The lowest BCUT2D eigenvalue weighted by Gasteiger charge is -2.19. The van der Waals surface area contributed by atoms with Crippen molar-refractivity contribution < 1.29 is 9.53 Å². The predicted octanol–water partition coefficient (Wildman–Crippen LogP) is 3.85. The number of carbonyl (C=O) groups is 1. The molecule has 2 rings (SSSR count). The van der Waals surface area contributed by atoms with Gasteiger partial charge in [-0.15, -0.1) is 0 Å². The van der Waals surface area contributed by atoms with Gasteiger partial charge < -0.3 is 9.64 Å². The highest BCUT2D eigenvalue weighted by Gasteiger charge is 2.13. The molecule has 0 aliphatic carbocycles. The third-order valence-corrected chi connectivity index (χ3v) is 3.41. The van der Waals surface area contributed by atoms with Gasteiger partial charge >= 0.3 is 0 Å². The van der Waals surface area contributed by atoms with Crippen molar-refractivity contribution >= 4 is 11.6 Å². The van der Waals surface area contributed by atoms with Crippen LogP contribution >= 0.6 is 0 Å². The van der Waals surface area contributed by atoms with Crippen LogP contribution in [0.1, 0.15) is 25.3 Å². The van der Waals surface area contributed by atoms with Crippen LogP contribution in [-0.4, -0.2) is 19.6 Å². The molecule has 0 aromatic heterocycles. The largest absolute Gasteiger partial charge is 0.483 e. The lowest BCUT2D eigenvalue weighted by Crippen LogP contribution is -2.31. The van der Waals surface area contributed by atoms with Gasteiger partial charge in [0.05, 0.1) is 0 Å². The summed E-state index contributed by atoms with van der Waals surface area (Å²) in [5.74, 6) is 1.07. The number of para-hydroxylation sites is 2. The maximum Gasteiger partial charge on any atom is 0.264 e. The fourth-order valence-corrected chi connectivity index (χ4v) is 2.12. The number of ether oxygens (including phenoxy) is 1. The molecule has 0 bridgehead atoms. The van der Waals surface area contributed by atoms with Gasteiger partial charge in [-0.2, -0.15) is 0 Å². The quantitative estimate of drug-likeness (QED) is 0.834. The average molecular weight is 283 g/mol. The number of anilines is 1. The molecule has 3 heteroatoms. The minimum atomic E-state index is -0.0697. The van der Waals surface area contributed by atoms with E-state index in [0.717, 1.165) is 17.0 Å². The van der Waals surface area contributed by atoms with Crippen LogP contribution in [0.4, 0.5) is 5.69 Å². The SMILES string of the molecule is CC(C)c1ccccc1OCC(=O)N(C)c1ccccc1. The van der Waals surface area contributed by atoms with E-state index in [1.165, 1.54) is 0 Å². The van der Waals surface area contributed by atoms with Gasteiger partial charge in [-0.3, -0.25) is 4.79 Å². The Morgan fingerprint density at radius 3 is 2.33 bits per heavy atom. The van der Waals surface area contributed by atoms with Crippen molar-refractivity contribution in [3.05, 3.63) is 60.2 Å². The van der Waals surface area contributed by atoms with Crippen molar-refractivity contribution in [2.45, 2.75) is 19.8 Å². The van der Waals surface area contributed by atoms with Gasteiger partial charge in [0, 0.05) is 12.7 Å². The van der Waals surface area contributed by atoms with Crippen molar-refractivity contribution in [2.24, 2.45) is 0 Å². The molecule has 2 aromatic carbocycles. The maximum atomic E-state index is 12.2. The van der Waals surface area contributed by atoms with Gasteiger partial charge in [0.2, 0.25) is 0 Å². The molecule has 0 saturated heterocycles. The minimum absolute atomic E-state index is 0.0368. The zero-order chi connectivity index (χ0) is 15.2. The Kier molecular flexibility index (Phi) is 4.99. The second-order valence-electron chi connectivity index (χ2n) is 5.27. The van der Waals surface area contributed by atoms with E-state index in [1.807, 2.05) is 54.6 Å². The van der Waals surface area contributed by atoms with Gasteiger partial charge in [-0.05, 0) is 29.7 Å². The molecule has 0 heterocycles. The molecule has 0 aliphatic heterocycles. The molecule has 0 aliphatic rings. The Labute approximate surface area is 126 Å². The van der Waals surface area contributed by atoms with Gasteiger partial charge in [-0.1, -0.05) is 50.2 Å². The second kappa shape index (κ2) is 6.93. The summed E-state index contributed by atoms with van der Waals surface area (Å²) in [7, 11) is 1.76. The van der Waals surface area contributed by atoms with Gasteiger partial charge in [-0.25, -0.2) is 0 Å². The van der Waals surface area contributed by atoms with E-state index in [2.05, 4.69) is 13.8 Å². The molecule has 0 N–H and O–H groups in total. The zero-order valence-electron chi connectivity index (χ0n) is 12.7. The first-order chi connectivity index (χ1) is 10.1. The summed E-state index contributed by atoms with van der Waals surface area (Å²) >= 11 is 0. The smallest absolute Gasteiger partial charge is 0.264 e. The minimum Gasteiger partial charge on any atom is -0.483 e. The van der Waals surface area contributed by atoms with Crippen molar-refractivity contribution in [1.82, 2.24) is 0 Å². The van der Waals surface area contributed by atoms with Crippen LogP contribution in [0.2, 0.25) is 0 Å². The molecule has 3 nitrogen and oxygen atoms in total. The second-order valence-corrected chi connectivity index (χ2v) is 5.27. The van der Waals surface area contributed by atoms with Crippen LogP contribution in [0.25, 0.3) is 0 Å². The molecular formula is C18H21NO2. The first-order valence-corrected chi connectivity index (χ1v) is 7.13. The molecule has 0 radical (unpaired) electrons. The highest BCUT2D eigenvalue weighted by Crippen LogP contribution is 2.25. The van der Waals surface area contributed by atoms with Crippen LogP contribution in [0.15, 0.2) is 54.6 Å². The van der Waals surface area contributed by atoms with Crippen molar-refractivity contribution in [1.29, 1.82) is 0 Å². The molecular weight excluding hydrogens is 262 g/mol. The van der Waals surface area contributed by atoms with Crippen LogP contribution in [0.5, 0.6) is 5.75 Å². The molecule has 110 valence electrons. The number of hydrogen-bond donors (Lipinski definition) is 0. The summed E-state index contributed by atoms with van der Waals surface area (Å²) in [6, 6.07) is 17.4. The summed E-state index contributed by atoms with van der Waals surface area (Å²) < 4.78 is 5.71. The summed E-state index contributed by atoms with van der Waals surface area (Å²) in [5.41, 5.74) is 1.98. The number of benzene rings is 2. The first kappa shape index (κ1) is 15.1. The molecule has 0 fully saturated rings. The fraction of sp³-hybridized carbons (Fsp3) is 0.278. The van der Waals surface area contributed by atoms with E-state index < -0.39 is 0 Å². The Morgan fingerprint density at radius 1 is 1.05 bits per heavy atom. The van der Waals surface area contributed by atoms with E-state index >= 15 is 0 Å². The monoisotopic (exact) mass is 283 g/mol. The number of rotatable bonds is 5. The Morgan fingerprint density at radius 2 is 1.67 bits per heavy atom. The molecule has 2 aromatic rings. The average Bonchev–Trinajstić information content (AvgIpc) is 2.52. The molecule has 1 amide bonds. The van der Waals surface area contributed by atoms with E-state index in [0.29, 0.717) is 5.92 Å². The number of nitrogens with zero attached hydrogens (tertiary/aromatic N) is 1. The maximum absolute atomic E-state index is 12.2. The normalized spacial score (nSPS) is 10.5. The van der Waals surface area contributed by atoms with Crippen molar-refractivity contribution in [2.75, 3.05) is 18.6 Å². The third-order valence-electron chi connectivity index (χ3n) is 3.41. The number of hydrogen-bond acceptors (Lipinski definition) is 2. The summed E-state index contributed by atoms with van der Waals surface area (Å²) in [6.45, 7) is 4.26. The van der Waals surface area contributed by atoms with Gasteiger partial charge in [0.15, 0.2) is 6.61 Å². The standard InChI is InChI=1S/C18H21NO2/c1-14(2)16-11-7-8-12-17(16)21-13-18(20)19(3)15-9-5-4-6-10-15/h4-12,14H,13H2,1-3H3. The number of carbonyl (C=O) groups excluding carboxylic acids is 1. The van der Waals surface area contributed by atoms with E-state index in [4.69, 9.17) is 4.74 Å². The van der Waals surface area contributed by atoms with Crippen LogP contribution < -0.4 is 9.64 Å². The van der Waals surface area contributed by atoms with Crippen LogP contribution in [0.3, 0.4) is 0 Å². The highest BCUT2D eigenvalue weighted by molar-refractivity contribution is 5.93. The molecule has 0 unspecified atom stereocenters. The van der Waals surface area contributed by atoms with Gasteiger partial charge in [0.1, 0.15) is 5.75 Å². The van der Waals surface area contributed by atoms with E-state index in [1.54, 1.807) is 11.9 Å². The Hall–Kier alpha value is -2.29. The number of likely N-dealkylation sites (N-methyl/N-ethyl adjacent to an activating group) is 1. The van der Waals surface area contributed by atoms with Gasteiger partial charge in [0.25, 0.3) is 5.91 Å². The fourth-order valence-electron chi connectivity index (χ4n) is 2.12. The highest BCUT2D eigenvalue weighted by atomic mass is 16.5. The van der Waals surface area contributed by atoms with E-state index in [9.17, 15) is 4.79 Å². The molecule has 0 saturated carbocycles. The Balaban J connectivity index is 2.02. The Bertz CT molecular complexity index is 593. The molecule has 21 heavy (non-hydrogen) atoms. The zero-order valence-corrected chi connectivity index (χ0v) is 12.7. The third kappa shape index (κ3) is 3.85. The summed E-state index contributed by atoms with van der Waals surface area (Å²) in [4.78, 5) is 13.8. The summed E-state index contributed by atoms with van der Waals surface area (Å²) in [5, 5.41) is 0. The van der Waals surface area contributed by atoms with E-state index in [-0.39, 0.29) is 12.5 Å². The lowest BCUT2D eigenvalue weighted by molar-refractivity contribution is -0.120. The van der Waals surface area contributed by atoms with Crippen LogP contribution in [-0.2, 0) is 4.79 Å². The van der Waals surface area contributed by atoms with Crippen LogP contribution in [0, 0.1) is 0 Å². The lowest BCUT2D eigenvalue weighted by atomic mass is 10.0. The topological polar surface area (TPSA) is 29.5 Å². The predicted molar refractivity (Wildman–Crippen MR) is 85.9 cm³/mol. The summed E-state index contributed by atoms with van der Waals surface area (Å²) in [6.07, 6.45) is 0. The van der Waals surface area contributed by atoms with Crippen molar-refractivity contribution in [3.8, 4) is 5.75 Å².